The van der Waals surface area contributed by atoms with E-state index in [0.717, 1.165) is 22.4 Å². The Morgan fingerprint density at radius 3 is 1.06 bits per heavy atom. The summed E-state index contributed by atoms with van der Waals surface area (Å²) in [6.45, 7) is 0. The molecule has 3 heterocycles. The minimum atomic E-state index is -0.0163. The number of benzene rings is 7. The van der Waals surface area contributed by atoms with Gasteiger partial charge in [-0.3, -0.25) is 0 Å². The number of rotatable bonds is 2. The maximum absolute atomic E-state index is 5.37. The van der Waals surface area contributed by atoms with Crippen LogP contribution in [0.15, 0.2) is 158 Å². The Morgan fingerprint density at radius 2 is 0.680 bits per heavy atom. The van der Waals surface area contributed by atoms with Crippen molar-refractivity contribution in [3.8, 4) is 11.4 Å². The van der Waals surface area contributed by atoms with Gasteiger partial charge in [-0.2, -0.15) is 0 Å². The fraction of sp³-hybridized carbons (Fsp3) is 0.0435. The van der Waals surface area contributed by atoms with Crippen LogP contribution in [0.25, 0.3) is 66.0 Å². The molecule has 0 fully saturated rings. The summed E-state index contributed by atoms with van der Waals surface area (Å²) in [5.41, 5.74) is 16.6. The van der Waals surface area contributed by atoms with Crippen LogP contribution in [0, 0.1) is 0 Å². The predicted molar refractivity (Wildman–Crippen MR) is 203 cm³/mol. The maximum atomic E-state index is 5.37. The molecule has 232 valence electrons. The highest BCUT2D eigenvalue weighted by Gasteiger charge is 2.44. The summed E-state index contributed by atoms with van der Waals surface area (Å²) in [5, 5.41) is 5.09. The van der Waals surface area contributed by atoms with Gasteiger partial charge in [0, 0.05) is 32.9 Å². The maximum Gasteiger partial charge on any atom is 0.0890 e. The van der Waals surface area contributed by atoms with Crippen molar-refractivity contribution in [1.82, 2.24) is 19.1 Å². The van der Waals surface area contributed by atoms with Crippen LogP contribution in [0.2, 0.25) is 0 Å². The first-order chi connectivity index (χ1) is 24.8. The standard InChI is InChI=1S/C46H28N4/c1-7-17-39-29(11-1)30-12-2-8-18-40(30)49(39)27-21-23-33-35(25-27)43-34-24-22-28(50-41-19-9-3-13-31(41)32-14-4-10-20-42(32)50)26-36(34)44(33)46-45(43)47-37-15-5-6-16-38(37)48-46/h1-26,43-44H/t43-,44-/m0/s1. The monoisotopic (exact) mass is 636 g/mol. The van der Waals surface area contributed by atoms with Crippen LogP contribution in [-0.2, 0) is 0 Å². The second kappa shape index (κ2) is 9.55. The second-order valence-electron chi connectivity index (χ2n) is 13.7. The van der Waals surface area contributed by atoms with E-state index in [0.29, 0.717) is 0 Å². The molecule has 0 spiro atoms. The Labute approximate surface area is 287 Å². The first-order valence-corrected chi connectivity index (χ1v) is 17.3. The number of hydrogen-bond acceptors (Lipinski definition) is 2. The third kappa shape index (κ3) is 3.35. The van der Waals surface area contributed by atoms with E-state index >= 15 is 0 Å². The third-order valence-electron chi connectivity index (χ3n) is 11.2. The van der Waals surface area contributed by atoms with Crippen molar-refractivity contribution < 1.29 is 0 Å². The highest BCUT2D eigenvalue weighted by molar-refractivity contribution is 6.10. The van der Waals surface area contributed by atoms with E-state index < -0.39 is 0 Å². The lowest BCUT2D eigenvalue weighted by Crippen LogP contribution is -2.30. The zero-order chi connectivity index (χ0) is 32.5. The molecule has 2 atom stereocenters. The Kier molecular flexibility index (Phi) is 5.05. The molecule has 3 aliphatic rings. The molecule has 3 aliphatic carbocycles. The van der Waals surface area contributed by atoms with E-state index in [9.17, 15) is 0 Å². The van der Waals surface area contributed by atoms with Gasteiger partial charge in [-0.1, -0.05) is 97.1 Å². The summed E-state index contributed by atoms with van der Waals surface area (Å²) in [4.78, 5) is 10.7. The lowest BCUT2D eigenvalue weighted by molar-refractivity contribution is 0.707. The van der Waals surface area contributed by atoms with Crippen LogP contribution in [-0.4, -0.2) is 19.1 Å². The second-order valence-corrected chi connectivity index (χ2v) is 13.7. The molecule has 50 heavy (non-hydrogen) atoms. The van der Waals surface area contributed by atoms with Gasteiger partial charge in [-0.05, 0) is 82.9 Å². The third-order valence-corrected chi connectivity index (χ3v) is 11.2. The van der Waals surface area contributed by atoms with Gasteiger partial charge in [0.25, 0.3) is 0 Å². The molecule has 0 unspecified atom stereocenters. The Balaban J connectivity index is 1.12. The molecule has 0 radical (unpaired) electrons. The van der Waals surface area contributed by atoms with Crippen molar-refractivity contribution >= 4 is 54.6 Å². The molecule has 7 aromatic carbocycles. The van der Waals surface area contributed by atoms with E-state index in [1.54, 1.807) is 0 Å². The average molecular weight is 637 g/mol. The van der Waals surface area contributed by atoms with Crippen molar-refractivity contribution in [2.24, 2.45) is 0 Å². The van der Waals surface area contributed by atoms with Crippen molar-refractivity contribution in [2.45, 2.75) is 11.8 Å². The highest BCUT2D eigenvalue weighted by Crippen LogP contribution is 2.56. The molecule has 2 bridgehead atoms. The van der Waals surface area contributed by atoms with Crippen LogP contribution in [0.3, 0.4) is 0 Å². The first kappa shape index (κ1) is 26.4. The van der Waals surface area contributed by atoms with Crippen molar-refractivity contribution in [3.63, 3.8) is 0 Å². The van der Waals surface area contributed by atoms with Gasteiger partial charge in [0.15, 0.2) is 0 Å². The summed E-state index contributed by atoms with van der Waals surface area (Å²) < 4.78 is 4.85. The smallest absolute Gasteiger partial charge is 0.0890 e. The summed E-state index contributed by atoms with van der Waals surface area (Å²) in [5.74, 6) is -0.0327. The lowest BCUT2D eigenvalue weighted by atomic mass is 9.64. The lowest BCUT2D eigenvalue weighted by Gasteiger charge is -2.41. The van der Waals surface area contributed by atoms with Crippen LogP contribution in [0.4, 0.5) is 0 Å². The molecular weight excluding hydrogens is 609 g/mol. The van der Waals surface area contributed by atoms with E-state index in [4.69, 9.17) is 9.97 Å². The van der Waals surface area contributed by atoms with Crippen LogP contribution in [0.1, 0.15) is 45.5 Å². The predicted octanol–water partition coefficient (Wildman–Crippen LogP) is 10.8. The van der Waals surface area contributed by atoms with E-state index in [1.807, 2.05) is 0 Å². The van der Waals surface area contributed by atoms with Gasteiger partial charge in [0.05, 0.1) is 56.3 Å². The van der Waals surface area contributed by atoms with Gasteiger partial charge in [-0.15, -0.1) is 0 Å². The topological polar surface area (TPSA) is 35.6 Å². The van der Waals surface area contributed by atoms with E-state index in [-0.39, 0.29) is 11.8 Å². The highest BCUT2D eigenvalue weighted by atomic mass is 15.0. The van der Waals surface area contributed by atoms with Gasteiger partial charge in [0.2, 0.25) is 0 Å². The minimum absolute atomic E-state index is 0.0163. The van der Waals surface area contributed by atoms with E-state index in [1.165, 1.54) is 77.2 Å². The van der Waals surface area contributed by atoms with Gasteiger partial charge >= 0.3 is 0 Å². The largest absolute Gasteiger partial charge is 0.309 e. The number of para-hydroxylation sites is 6. The molecule has 4 nitrogen and oxygen atoms in total. The van der Waals surface area contributed by atoms with E-state index in [2.05, 4.69) is 167 Å². The minimum Gasteiger partial charge on any atom is -0.309 e. The zero-order valence-electron chi connectivity index (χ0n) is 27.0. The molecule has 0 N–H and O–H groups in total. The molecule has 3 aromatic heterocycles. The first-order valence-electron chi connectivity index (χ1n) is 17.3. The normalized spacial score (nSPS) is 16.0. The van der Waals surface area contributed by atoms with Crippen LogP contribution in [0.5, 0.6) is 0 Å². The van der Waals surface area contributed by atoms with Gasteiger partial charge in [0.1, 0.15) is 0 Å². The summed E-state index contributed by atoms with van der Waals surface area (Å²) in [7, 11) is 0. The fourth-order valence-corrected chi connectivity index (χ4v) is 9.21. The van der Waals surface area contributed by atoms with Crippen LogP contribution >= 0.6 is 0 Å². The Hall–Kier alpha value is -6.52. The Bertz CT molecular complexity index is 2760. The molecule has 0 aliphatic heterocycles. The number of fused-ring (bicyclic) bond motifs is 7. The quantitative estimate of drug-likeness (QED) is 0.189. The zero-order valence-corrected chi connectivity index (χ0v) is 27.0. The van der Waals surface area contributed by atoms with Gasteiger partial charge in [-0.25, -0.2) is 9.97 Å². The summed E-state index contributed by atoms with van der Waals surface area (Å²) in [6.07, 6.45) is 0. The molecule has 0 saturated heterocycles. The molecule has 0 amide bonds. The number of aromatic nitrogens is 4. The number of nitrogens with zero attached hydrogens (tertiary/aromatic N) is 4. The van der Waals surface area contributed by atoms with Crippen molar-refractivity contribution in [3.05, 3.63) is 191 Å². The van der Waals surface area contributed by atoms with Gasteiger partial charge < -0.3 is 9.13 Å². The van der Waals surface area contributed by atoms with Crippen molar-refractivity contribution in [2.75, 3.05) is 0 Å². The average Bonchev–Trinajstić information content (AvgIpc) is 3.70. The molecular formula is C46H28N4. The molecule has 13 rings (SSSR count). The fourth-order valence-electron chi connectivity index (χ4n) is 9.21. The SMILES string of the molecule is c1ccc2nc3c(nc2c1)[C@H]1c2ccc(-n4c5ccccc5c5ccccc54)cc2[C@@H]3c2ccc(-n3c4ccccc4c4ccccc43)cc21. The molecule has 4 heteroatoms. The summed E-state index contributed by atoms with van der Waals surface area (Å²) >= 11 is 0. The number of hydrogen-bond donors (Lipinski definition) is 0. The van der Waals surface area contributed by atoms with Crippen molar-refractivity contribution in [1.29, 1.82) is 0 Å². The summed E-state index contributed by atoms with van der Waals surface area (Å²) in [6, 6.07) is 57.5. The van der Waals surface area contributed by atoms with Crippen LogP contribution < -0.4 is 0 Å². The molecule has 0 saturated carbocycles. The molecule has 10 aromatic rings. The Morgan fingerprint density at radius 1 is 0.340 bits per heavy atom.